The highest BCUT2D eigenvalue weighted by Crippen LogP contribution is 2.31. The zero-order valence-electron chi connectivity index (χ0n) is 7.42. The van der Waals surface area contributed by atoms with Crippen LogP contribution in [-0.2, 0) is 9.47 Å². The van der Waals surface area contributed by atoms with Gasteiger partial charge in [0.2, 0.25) is 0 Å². The molecule has 0 amide bonds. The first-order valence-corrected chi connectivity index (χ1v) is 5.06. The third-order valence-electron chi connectivity index (χ3n) is 2.13. The second kappa shape index (κ2) is 3.78. The molecule has 1 saturated heterocycles. The Morgan fingerprint density at radius 1 is 1.31 bits per heavy atom. The number of halogens is 1. The van der Waals surface area contributed by atoms with Crippen molar-refractivity contribution < 1.29 is 9.47 Å². The van der Waals surface area contributed by atoms with Crippen molar-refractivity contribution in [3.63, 3.8) is 0 Å². The summed E-state index contributed by atoms with van der Waals surface area (Å²) < 4.78 is 12.0. The van der Waals surface area contributed by atoms with Crippen LogP contribution in [0.4, 0.5) is 0 Å². The number of hydrogen-bond donors (Lipinski definition) is 0. The fourth-order valence-electron chi connectivity index (χ4n) is 1.47. The summed E-state index contributed by atoms with van der Waals surface area (Å²) in [6, 6.07) is 6.08. The van der Waals surface area contributed by atoms with E-state index in [1.54, 1.807) is 0 Å². The lowest BCUT2D eigenvalue weighted by Crippen LogP contribution is -2.01. The SMILES string of the molecule is Cc1cccc(Br)c1C1OCCO1. The maximum Gasteiger partial charge on any atom is 0.185 e. The Morgan fingerprint density at radius 2 is 2.00 bits per heavy atom. The molecule has 1 aromatic rings. The molecule has 0 bridgehead atoms. The Morgan fingerprint density at radius 3 is 2.62 bits per heavy atom. The van der Waals surface area contributed by atoms with Gasteiger partial charge in [0, 0.05) is 10.0 Å². The molecule has 1 fully saturated rings. The molecule has 0 atom stereocenters. The standard InChI is InChI=1S/C10H11BrO2/c1-7-3-2-4-8(11)9(7)10-12-5-6-13-10/h2-4,10H,5-6H2,1H3. The minimum Gasteiger partial charge on any atom is -0.346 e. The molecule has 0 spiro atoms. The molecule has 0 radical (unpaired) electrons. The first-order valence-electron chi connectivity index (χ1n) is 4.27. The summed E-state index contributed by atoms with van der Waals surface area (Å²) in [5, 5.41) is 0. The molecule has 13 heavy (non-hydrogen) atoms. The van der Waals surface area contributed by atoms with Gasteiger partial charge in [0.1, 0.15) is 0 Å². The lowest BCUT2D eigenvalue weighted by Gasteiger charge is -2.13. The molecule has 0 aromatic heterocycles. The van der Waals surface area contributed by atoms with Gasteiger partial charge < -0.3 is 9.47 Å². The number of aryl methyl sites for hydroxylation is 1. The first kappa shape index (κ1) is 9.19. The molecule has 0 unspecified atom stereocenters. The number of rotatable bonds is 1. The van der Waals surface area contributed by atoms with E-state index in [1.165, 1.54) is 5.56 Å². The molecule has 0 saturated carbocycles. The van der Waals surface area contributed by atoms with Crippen molar-refractivity contribution in [2.45, 2.75) is 13.2 Å². The molecule has 3 heteroatoms. The topological polar surface area (TPSA) is 18.5 Å². The first-order chi connectivity index (χ1) is 6.29. The Bertz CT molecular complexity index is 286. The van der Waals surface area contributed by atoms with E-state index in [9.17, 15) is 0 Å². The van der Waals surface area contributed by atoms with Gasteiger partial charge in [-0.3, -0.25) is 0 Å². The predicted octanol–water partition coefficient (Wildman–Crippen LogP) is 2.80. The van der Waals surface area contributed by atoms with Crippen LogP contribution < -0.4 is 0 Å². The van der Waals surface area contributed by atoms with E-state index in [0.29, 0.717) is 13.2 Å². The molecule has 2 nitrogen and oxygen atoms in total. The summed E-state index contributed by atoms with van der Waals surface area (Å²) in [5.41, 5.74) is 2.31. The van der Waals surface area contributed by atoms with Crippen molar-refractivity contribution >= 4 is 15.9 Å². The highest BCUT2D eigenvalue weighted by Gasteiger charge is 2.21. The van der Waals surface area contributed by atoms with Crippen LogP contribution in [0.5, 0.6) is 0 Å². The van der Waals surface area contributed by atoms with Crippen LogP contribution in [0.1, 0.15) is 17.4 Å². The van der Waals surface area contributed by atoms with Gasteiger partial charge in [-0.1, -0.05) is 28.1 Å². The molecule has 70 valence electrons. The fraction of sp³-hybridized carbons (Fsp3) is 0.400. The van der Waals surface area contributed by atoms with E-state index in [-0.39, 0.29) is 6.29 Å². The molecular formula is C10H11BrO2. The van der Waals surface area contributed by atoms with Gasteiger partial charge in [-0.15, -0.1) is 0 Å². The zero-order valence-corrected chi connectivity index (χ0v) is 9.00. The molecule has 1 heterocycles. The summed E-state index contributed by atoms with van der Waals surface area (Å²) in [4.78, 5) is 0. The van der Waals surface area contributed by atoms with Crippen LogP contribution >= 0.6 is 15.9 Å². The van der Waals surface area contributed by atoms with Crippen LogP contribution in [0, 0.1) is 6.92 Å². The predicted molar refractivity (Wildman–Crippen MR) is 53.5 cm³/mol. The normalized spacial score (nSPS) is 18.0. The van der Waals surface area contributed by atoms with Crippen LogP contribution in [0.2, 0.25) is 0 Å². The van der Waals surface area contributed by atoms with Crippen molar-refractivity contribution in [3.8, 4) is 0 Å². The molecule has 0 N–H and O–H groups in total. The second-order valence-corrected chi connectivity index (χ2v) is 3.90. The van der Waals surface area contributed by atoms with Crippen molar-refractivity contribution in [1.29, 1.82) is 0 Å². The van der Waals surface area contributed by atoms with E-state index in [4.69, 9.17) is 9.47 Å². The Kier molecular flexibility index (Phi) is 2.67. The van der Waals surface area contributed by atoms with Crippen molar-refractivity contribution in [2.75, 3.05) is 13.2 Å². The summed E-state index contributed by atoms with van der Waals surface area (Å²) in [5.74, 6) is 0. The number of benzene rings is 1. The van der Waals surface area contributed by atoms with Crippen LogP contribution in [0.15, 0.2) is 22.7 Å². The van der Waals surface area contributed by atoms with Crippen LogP contribution in [0.3, 0.4) is 0 Å². The highest BCUT2D eigenvalue weighted by atomic mass is 79.9. The maximum atomic E-state index is 5.45. The second-order valence-electron chi connectivity index (χ2n) is 3.04. The minimum absolute atomic E-state index is 0.185. The van der Waals surface area contributed by atoms with Gasteiger partial charge >= 0.3 is 0 Å². The molecule has 1 aromatic carbocycles. The van der Waals surface area contributed by atoms with E-state index in [0.717, 1.165) is 10.0 Å². The summed E-state index contributed by atoms with van der Waals surface area (Å²) in [6.07, 6.45) is -0.185. The summed E-state index contributed by atoms with van der Waals surface area (Å²) in [7, 11) is 0. The van der Waals surface area contributed by atoms with Gasteiger partial charge in [-0.2, -0.15) is 0 Å². The zero-order chi connectivity index (χ0) is 9.26. The van der Waals surface area contributed by atoms with Gasteiger partial charge in [-0.25, -0.2) is 0 Å². The van der Waals surface area contributed by atoms with Crippen LogP contribution in [-0.4, -0.2) is 13.2 Å². The lowest BCUT2D eigenvalue weighted by molar-refractivity contribution is -0.0450. The van der Waals surface area contributed by atoms with Gasteiger partial charge in [0.15, 0.2) is 6.29 Å². The largest absolute Gasteiger partial charge is 0.346 e. The van der Waals surface area contributed by atoms with Crippen molar-refractivity contribution in [3.05, 3.63) is 33.8 Å². The third kappa shape index (κ3) is 1.77. The Balaban J connectivity index is 2.37. The molecule has 1 aliphatic rings. The minimum atomic E-state index is -0.185. The van der Waals surface area contributed by atoms with Gasteiger partial charge in [0.25, 0.3) is 0 Å². The van der Waals surface area contributed by atoms with E-state index in [1.807, 2.05) is 12.1 Å². The van der Waals surface area contributed by atoms with Gasteiger partial charge in [0.05, 0.1) is 13.2 Å². The molecule has 1 aliphatic heterocycles. The molecule has 2 rings (SSSR count). The van der Waals surface area contributed by atoms with E-state index >= 15 is 0 Å². The lowest BCUT2D eigenvalue weighted by atomic mass is 10.1. The third-order valence-corrected chi connectivity index (χ3v) is 2.82. The average molecular weight is 243 g/mol. The maximum absolute atomic E-state index is 5.45. The Hall–Kier alpha value is -0.380. The Labute approximate surface area is 86.0 Å². The molecular weight excluding hydrogens is 232 g/mol. The van der Waals surface area contributed by atoms with Gasteiger partial charge in [-0.05, 0) is 18.6 Å². The van der Waals surface area contributed by atoms with Crippen molar-refractivity contribution in [1.82, 2.24) is 0 Å². The smallest absolute Gasteiger partial charge is 0.185 e. The quantitative estimate of drug-likeness (QED) is 0.755. The average Bonchev–Trinajstić information content (AvgIpc) is 2.57. The summed E-state index contributed by atoms with van der Waals surface area (Å²) >= 11 is 3.50. The van der Waals surface area contributed by atoms with Crippen molar-refractivity contribution in [2.24, 2.45) is 0 Å². The fourth-order valence-corrected chi connectivity index (χ4v) is 2.12. The number of hydrogen-bond acceptors (Lipinski definition) is 2. The monoisotopic (exact) mass is 242 g/mol. The molecule has 0 aliphatic carbocycles. The van der Waals surface area contributed by atoms with Crippen LogP contribution in [0.25, 0.3) is 0 Å². The highest BCUT2D eigenvalue weighted by molar-refractivity contribution is 9.10. The van der Waals surface area contributed by atoms with E-state index in [2.05, 4.69) is 28.9 Å². The number of ether oxygens (including phenoxy) is 2. The van der Waals surface area contributed by atoms with E-state index < -0.39 is 0 Å². The summed E-state index contributed by atoms with van der Waals surface area (Å²) in [6.45, 7) is 3.43.